The van der Waals surface area contributed by atoms with Gasteiger partial charge in [-0.15, -0.1) is 0 Å². The molecule has 2 rings (SSSR count). The molecule has 122 valence electrons. The molecule has 0 saturated heterocycles. The molecule has 1 amide bonds. The topological polar surface area (TPSA) is 23.6 Å². The summed E-state index contributed by atoms with van der Waals surface area (Å²) >= 11 is 0. The molecule has 0 N–H and O–H groups in total. The molecule has 3 nitrogen and oxygen atoms in total. The molecule has 4 heteroatoms. The molecule has 0 bridgehead atoms. The van der Waals surface area contributed by atoms with Crippen LogP contribution in [-0.2, 0) is 4.79 Å². The maximum Gasteiger partial charge on any atom is 0.236 e. The van der Waals surface area contributed by atoms with Gasteiger partial charge in [-0.3, -0.25) is 9.69 Å². The van der Waals surface area contributed by atoms with Crippen molar-refractivity contribution in [2.24, 2.45) is 0 Å². The van der Waals surface area contributed by atoms with Gasteiger partial charge < -0.3 is 4.90 Å². The van der Waals surface area contributed by atoms with Gasteiger partial charge in [0.05, 0.1) is 12.6 Å². The lowest BCUT2D eigenvalue weighted by Crippen LogP contribution is -2.42. The SMILES string of the molecule is CC(c1ccc(F)cc1)N(C)C(=O)CN(C)C1CCCCC1. The number of carbonyl (C=O) groups excluding carboxylic acids is 1. The van der Waals surface area contributed by atoms with E-state index in [-0.39, 0.29) is 17.8 Å². The first kappa shape index (κ1) is 16.9. The molecule has 1 aliphatic rings. The Morgan fingerprint density at radius 2 is 1.77 bits per heavy atom. The lowest BCUT2D eigenvalue weighted by Gasteiger charge is -2.33. The van der Waals surface area contributed by atoms with Crippen LogP contribution >= 0.6 is 0 Å². The summed E-state index contributed by atoms with van der Waals surface area (Å²) in [5.41, 5.74) is 0.956. The van der Waals surface area contributed by atoms with Gasteiger partial charge in [-0.25, -0.2) is 4.39 Å². The van der Waals surface area contributed by atoms with E-state index in [2.05, 4.69) is 4.90 Å². The molecule has 1 aliphatic carbocycles. The van der Waals surface area contributed by atoms with Crippen molar-refractivity contribution in [2.45, 2.75) is 51.1 Å². The second-order valence-corrected chi connectivity index (χ2v) is 6.44. The summed E-state index contributed by atoms with van der Waals surface area (Å²) in [7, 11) is 3.87. The van der Waals surface area contributed by atoms with Crippen LogP contribution in [0, 0.1) is 5.82 Å². The normalized spacial score (nSPS) is 17.5. The van der Waals surface area contributed by atoms with E-state index in [1.54, 1.807) is 17.0 Å². The van der Waals surface area contributed by atoms with Gasteiger partial charge in [0.25, 0.3) is 0 Å². The second-order valence-electron chi connectivity index (χ2n) is 6.44. The summed E-state index contributed by atoms with van der Waals surface area (Å²) in [4.78, 5) is 16.4. The average Bonchev–Trinajstić information content (AvgIpc) is 2.55. The second kappa shape index (κ2) is 7.73. The lowest BCUT2D eigenvalue weighted by atomic mass is 9.94. The van der Waals surface area contributed by atoms with Crippen molar-refractivity contribution in [1.82, 2.24) is 9.80 Å². The molecule has 1 unspecified atom stereocenters. The number of amides is 1. The van der Waals surface area contributed by atoms with Crippen molar-refractivity contribution in [3.8, 4) is 0 Å². The zero-order valence-corrected chi connectivity index (χ0v) is 13.9. The predicted octanol–water partition coefficient (Wildman–Crippen LogP) is 3.61. The van der Waals surface area contributed by atoms with Gasteiger partial charge >= 0.3 is 0 Å². The minimum Gasteiger partial charge on any atom is -0.338 e. The summed E-state index contributed by atoms with van der Waals surface area (Å²) in [6, 6.07) is 6.86. The average molecular weight is 306 g/mol. The molecule has 0 heterocycles. The highest BCUT2D eigenvalue weighted by atomic mass is 19.1. The largest absolute Gasteiger partial charge is 0.338 e. The zero-order valence-electron chi connectivity index (χ0n) is 13.9. The van der Waals surface area contributed by atoms with E-state index in [1.165, 1.54) is 44.2 Å². The third kappa shape index (κ3) is 4.29. The Morgan fingerprint density at radius 3 is 2.36 bits per heavy atom. The first-order valence-electron chi connectivity index (χ1n) is 8.20. The molecule has 1 saturated carbocycles. The van der Waals surface area contributed by atoms with Gasteiger partial charge in [0.2, 0.25) is 5.91 Å². The van der Waals surface area contributed by atoms with Crippen LogP contribution in [0.4, 0.5) is 4.39 Å². The van der Waals surface area contributed by atoms with Crippen molar-refractivity contribution in [2.75, 3.05) is 20.6 Å². The summed E-state index contributed by atoms with van der Waals surface area (Å²) in [5.74, 6) is -0.133. The van der Waals surface area contributed by atoms with E-state index in [1.807, 2.05) is 21.0 Å². The van der Waals surface area contributed by atoms with Crippen LogP contribution in [0.5, 0.6) is 0 Å². The van der Waals surface area contributed by atoms with Crippen molar-refractivity contribution in [3.05, 3.63) is 35.6 Å². The fourth-order valence-electron chi connectivity index (χ4n) is 3.16. The van der Waals surface area contributed by atoms with Gasteiger partial charge in [-0.2, -0.15) is 0 Å². The Bertz CT molecular complexity index is 482. The number of hydrogen-bond donors (Lipinski definition) is 0. The Balaban J connectivity index is 1.91. The summed E-state index contributed by atoms with van der Waals surface area (Å²) in [6.07, 6.45) is 6.25. The van der Waals surface area contributed by atoms with Gasteiger partial charge in [0, 0.05) is 13.1 Å². The van der Waals surface area contributed by atoms with Crippen LogP contribution in [0.15, 0.2) is 24.3 Å². The molecule has 1 aromatic carbocycles. The van der Waals surface area contributed by atoms with E-state index >= 15 is 0 Å². The monoisotopic (exact) mass is 306 g/mol. The van der Waals surface area contributed by atoms with Crippen molar-refractivity contribution in [3.63, 3.8) is 0 Å². The minimum atomic E-state index is -0.248. The maximum absolute atomic E-state index is 13.0. The molecule has 0 spiro atoms. The highest BCUT2D eigenvalue weighted by Gasteiger charge is 2.23. The Hall–Kier alpha value is -1.42. The molecular formula is C18H27FN2O. The number of rotatable bonds is 5. The van der Waals surface area contributed by atoms with E-state index in [4.69, 9.17) is 0 Å². The molecule has 0 aliphatic heterocycles. The van der Waals surface area contributed by atoms with Crippen molar-refractivity contribution >= 4 is 5.91 Å². The molecule has 0 aromatic heterocycles. The van der Waals surface area contributed by atoms with E-state index < -0.39 is 0 Å². The number of hydrogen-bond acceptors (Lipinski definition) is 2. The fraction of sp³-hybridized carbons (Fsp3) is 0.611. The van der Waals surface area contributed by atoms with E-state index in [9.17, 15) is 9.18 Å². The summed E-state index contributed by atoms with van der Waals surface area (Å²) in [5, 5.41) is 0. The van der Waals surface area contributed by atoms with Crippen LogP contribution in [0.3, 0.4) is 0 Å². The fourth-order valence-corrected chi connectivity index (χ4v) is 3.16. The molecule has 1 fully saturated rings. The smallest absolute Gasteiger partial charge is 0.236 e. The highest BCUT2D eigenvalue weighted by molar-refractivity contribution is 5.78. The first-order valence-corrected chi connectivity index (χ1v) is 8.20. The van der Waals surface area contributed by atoms with Crippen LogP contribution in [0.2, 0.25) is 0 Å². The molecular weight excluding hydrogens is 279 g/mol. The van der Waals surface area contributed by atoms with Crippen LogP contribution < -0.4 is 0 Å². The van der Waals surface area contributed by atoms with Gasteiger partial charge in [0.1, 0.15) is 5.82 Å². The number of benzene rings is 1. The van der Waals surface area contributed by atoms with Crippen LogP contribution in [-0.4, -0.2) is 42.4 Å². The lowest BCUT2D eigenvalue weighted by molar-refractivity contribution is -0.133. The molecule has 22 heavy (non-hydrogen) atoms. The predicted molar refractivity (Wildman–Crippen MR) is 87.1 cm³/mol. The maximum atomic E-state index is 13.0. The number of likely N-dealkylation sites (N-methyl/N-ethyl adjacent to an activating group) is 2. The Kier molecular flexibility index (Phi) is 5.95. The van der Waals surface area contributed by atoms with Crippen molar-refractivity contribution in [1.29, 1.82) is 0 Å². The number of halogens is 1. The standard InChI is InChI=1S/C18H27FN2O/c1-14(15-9-11-16(19)12-10-15)21(3)18(22)13-20(2)17-7-5-4-6-8-17/h9-12,14,17H,4-8,13H2,1-3H3. The molecule has 0 radical (unpaired) electrons. The quantitative estimate of drug-likeness (QED) is 0.829. The highest BCUT2D eigenvalue weighted by Crippen LogP contribution is 2.23. The van der Waals surface area contributed by atoms with Gasteiger partial charge in [0.15, 0.2) is 0 Å². The Morgan fingerprint density at radius 1 is 1.18 bits per heavy atom. The van der Waals surface area contributed by atoms with Gasteiger partial charge in [-0.1, -0.05) is 31.4 Å². The summed E-state index contributed by atoms with van der Waals surface area (Å²) < 4.78 is 13.0. The Labute approximate surface area is 133 Å². The number of nitrogens with zero attached hydrogens (tertiary/aromatic N) is 2. The van der Waals surface area contributed by atoms with E-state index in [0.29, 0.717) is 12.6 Å². The van der Waals surface area contributed by atoms with E-state index in [0.717, 1.165) is 5.56 Å². The molecule has 1 aromatic rings. The third-order valence-corrected chi connectivity index (χ3v) is 4.91. The third-order valence-electron chi connectivity index (χ3n) is 4.91. The summed E-state index contributed by atoms with van der Waals surface area (Å²) in [6.45, 7) is 2.43. The first-order chi connectivity index (χ1) is 10.5. The van der Waals surface area contributed by atoms with Crippen LogP contribution in [0.1, 0.15) is 50.6 Å². The minimum absolute atomic E-state index is 0.0483. The zero-order chi connectivity index (χ0) is 16.1. The van der Waals surface area contributed by atoms with Gasteiger partial charge in [-0.05, 0) is 44.5 Å². The molecule has 1 atom stereocenters. The van der Waals surface area contributed by atoms with Crippen LogP contribution in [0.25, 0.3) is 0 Å². The van der Waals surface area contributed by atoms with Crippen molar-refractivity contribution < 1.29 is 9.18 Å². The number of carbonyl (C=O) groups is 1.